The van der Waals surface area contributed by atoms with E-state index in [4.69, 9.17) is 5.73 Å². The second kappa shape index (κ2) is 6.34. The first-order chi connectivity index (χ1) is 12.6. The molecule has 0 spiro atoms. The molecule has 0 aliphatic rings. The number of hydrogen-bond acceptors (Lipinski definition) is 6. The average Bonchev–Trinajstić information content (AvgIpc) is 2.64. The highest BCUT2D eigenvalue weighted by Gasteiger charge is 2.30. The SMILES string of the molecule is CC(C)c1c(S(=O)(=O)c2ccccc2)c(N)nc2c1c(=O)n(C)c(=O)n2C. The van der Waals surface area contributed by atoms with Crippen LogP contribution in [0.1, 0.15) is 25.3 Å². The largest absolute Gasteiger partial charge is 0.383 e. The van der Waals surface area contributed by atoms with Crippen molar-refractivity contribution in [3.05, 3.63) is 56.7 Å². The standard InChI is InChI=1S/C18H20N4O4S/c1-10(2)12-13-16(21(3)18(24)22(4)17(13)23)20-15(19)14(12)27(25,26)11-8-6-5-7-9-11/h5-10H,1-4H3,(H2,19,20). The van der Waals surface area contributed by atoms with Crippen molar-refractivity contribution < 1.29 is 8.42 Å². The minimum Gasteiger partial charge on any atom is -0.383 e. The van der Waals surface area contributed by atoms with Crippen LogP contribution in [-0.4, -0.2) is 22.5 Å². The zero-order valence-electron chi connectivity index (χ0n) is 15.4. The monoisotopic (exact) mass is 388 g/mol. The highest BCUT2D eigenvalue weighted by atomic mass is 32.2. The Morgan fingerprint density at radius 1 is 1.04 bits per heavy atom. The van der Waals surface area contributed by atoms with E-state index in [1.807, 2.05) is 0 Å². The lowest BCUT2D eigenvalue weighted by atomic mass is 10.0. The van der Waals surface area contributed by atoms with Crippen LogP contribution in [0, 0.1) is 0 Å². The smallest absolute Gasteiger partial charge is 0.332 e. The zero-order valence-corrected chi connectivity index (χ0v) is 16.2. The first-order valence-electron chi connectivity index (χ1n) is 8.28. The van der Waals surface area contributed by atoms with Gasteiger partial charge in [0.15, 0.2) is 5.65 Å². The predicted octanol–water partition coefficient (Wildman–Crippen LogP) is 1.17. The van der Waals surface area contributed by atoms with Crippen molar-refractivity contribution in [1.29, 1.82) is 0 Å². The maximum atomic E-state index is 13.3. The number of pyridine rings is 1. The summed E-state index contributed by atoms with van der Waals surface area (Å²) in [5.41, 5.74) is 5.20. The van der Waals surface area contributed by atoms with Crippen LogP contribution in [0.4, 0.5) is 5.82 Å². The van der Waals surface area contributed by atoms with Gasteiger partial charge in [-0.2, -0.15) is 0 Å². The number of hydrogen-bond donors (Lipinski definition) is 1. The molecule has 2 heterocycles. The number of fused-ring (bicyclic) bond motifs is 1. The maximum Gasteiger partial charge on any atom is 0.332 e. The van der Waals surface area contributed by atoms with Gasteiger partial charge in [0.05, 0.1) is 10.3 Å². The van der Waals surface area contributed by atoms with Gasteiger partial charge in [0.2, 0.25) is 9.84 Å². The summed E-state index contributed by atoms with van der Waals surface area (Å²) in [5, 5.41) is 0.0818. The van der Waals surface area contributed by atoms with Crippen LogP contribution in [0.5, 0.6) is 0 Å². The van der Waals surface area contributed by atoms with Gasteiger partial charge in [0.25, 0.3) is 5.56 Å². The zero-order chi connectivity index (χ0) is 20.1. The van der Waals surface area contributed by atoms with Crippen LogP contribution < -0.4 is 17.0 Å². The first kappa shape index (κ1) is 18.8. The number of sulfone groups is 1. The number of aryl methyl sites for hydroxylation is 1. The van der Waals surface area contributed by atoms with Gasteiger partial charge in [-0.1, -0.05) is 32.0 Å². The fraction of sp³-hybridized carbons (Fsp3) is 0.278. The Kier molecular flexibility index (Phi) is 4.43. The molecule has 3 rings (SSSR count). The molecule has 9 heteroatoms. The highest BCUT2D eigenvalue weighted by Crippen LogP contribution is 2.35. The third-order valence-electron chi connectivity index (χ3n) is 4.51. The fourth-order valence-corrected chi connectivity index (χ4v) is 4.87. The van der Waals surface area contributed by atoms with Gasteiger partial charge in [-0.3, -0.25) is 13.9 Å². The van der Waals surface area contributed by atoms with Gasteiger partial charge < -0.3 is 5.73 Å². The van der Waals surface area contributed by atoms with Gasteiger partial charge in [-0.05, 0) is 23.6 Å². The van der Waals surface area contributed by atoms with Gasteiger partial charge in [0.1, 0.15) is 10.7 Å². The Balaban J connectivity index is 2.61. The van der Waals surface area contributed by atoms with Crippen LogP contribution >= 0.6 is 0 Å². The van der Waals surface area contributed by atoms with Crippen LogP contribution in [0.25, 0.3) is 11.0 Å². The fourth-order valence-electron chi connectivity index (χ4n) is 3.17. The quantitative estimate of drug-likeness (QED) is 0.720. The van der Waals surface area contributed by atoms with E-state index in [-0.39, 0.29) is 38.1 Å². The molecule has 3 aromatic rings. The number of nitrogen functional groups attached to an aromatic ring is 1. The minimum atomic E-state index is -4.01. The lowest BCUT2D eigenvalue weighted by Crippen LogP contribution is -2.38. The minimum absolute atomic E-state index is 0.0568. The Morgan fingerprint density at radius 2 is 1.63 bits per heavy atom. The first-order valence-corrected chi connectivity index (χ1v) is 9.76. The molecule has 8 nitrogen and oxygen atoms in total. The van der Waals surface area contributed by atoms with Gasteiger partial charge in [-0.25, -0.2) is 18.2 Å². The van der Waals surface area contributed by atoms with E-state index in [9.17, 15) is 18.0 Å². The third-order valence-corrected chi connectivity index (χ3v) is 6.37. The molecular formula is C18H20N4O4S. The van der Waals surface area contributed by atoms with Crippen LogP contribution in [0.2, 0.25) is 0 Å². The summed E-state index contributed by atoms with van der Waals surface area (Å²) in [6.45, 7) is 3.53. The van der Waals surface area contributed by atoms with Crippen LogP contribution in [-0.2, 0) is 23.9 Å². The molecule has 142 valence electrons. The Hall–Kier alpha value is -2.94. The maximum absolute atomic E-state index is 13.3. The third kappa shape index (κ3) is 2.74. The molecule has 0 atom stereocenters. The number of rotatable bonds is 3. The summed E-state index contributed by atoms with van der Waals surface area (Å²) in [7, 11) is -1.20. The number of aromatic nitrogens is 3. The summed E-state index contributed by atoms with van der Waals surface area (Å²) >= 11 is 0. The lowest BCUT2D eigenvalue weighted by molar-refractivity contribution is 0.594. The topological polar surface area (TPSA) is 117 Å². The van der Waals surface area contributed by atoms with Crippen molar-refractivity contribution in [2.75, 3.05) is 5.73 Å². The molecule has 0 aliphatic heterocycles. The van der Waals surface area contributed by atoms with Crippen molar-refractivity contribution >= 4 is 26.7 Å². The van der Waals surface area contributed by atoms with Crippen molar-refractivity contribution in [2.45, 2.75) is 29.6 Å². The second-order valence-electron chi connectivity index (χ2n) is 6.62. The van der Waals surface area contributed by atoms with Gasteiger partial charge in [-0.15, -0.1) is 0 Å². The van der Waals surface area contributed by atoms with Gasteiger partial charge >= 0.3 is 5.69 Å². The van der Waals surface area contributed by atoms with E-state index in [0.29, 0.717) is 0 Å². The van der Waals surface area contributed by atoms with Crippen molar-refractivity contribution in [3.63, 3.8) is 0 Å². The molecule has 1 aromatic carbocycles. The van der Waals surface area contributed by atoms with E-state index < -0.39 is 21.1 Å². The molecule has 0 fully saturated rings. The summed E-state index contributed by atoms with van der Waals surface area (Å²) in [6.07, 6.45) is 0. The number of nitrogens with zero attached hydrogens (tertiary/aromatic N) is 3. The summed E-state index contributed by atoms with van der Waals surface area (Å²) in [6, 6.07) is 7.84. The average molecular weight is 388 g/mol. The Morgan fingerprint density at radius 3 is 2.19 bits per heavy atom. The molecule has 2 N–H and O–H groups in total. The van der Waals surface area contributed by atoms with Crippen LogP contribution in [0.15, 0.2) is 49.7 Å². The normalized spacial score (nSPS) is 12.0. The number of benzene rings is 1. The Bertz CT molecular complexity index is 1270. The molecule has 0 saturated heterocycles. The van der Waals surface area contributed by atoms with E-state index >= 15 is 0 Å². The van der Waals surface area contributed by atoms with Gasteiger partial charge in [0, 0.05) is 14.1 Å². The Labute approximate surface area is 155 Å². The number of nitrogens with two attached hydrogens (primary N) is 1. The molecule has 2 aromatic heterocycles. The molecule has 0 amide bonds. The second-order valence-corrected chi connectivity index (χ2v) is 8.50. The molecule has 0 unspecified atom stereocenters. The summed E-state index contributed by atoms with van der Waals surface area (Å²) < 4.78 is 28.7. The molecular weight excluding hydrogens is 368 g/mol. The van der Waals surface area contributed by atoms with E-state index in [1.54, 1.807) is 32.0 Å². The predicted molar refractivity (Wildman–Crippen MR) is 103 cm³/mol. The van der Waals surface area contributed by atoms with Crippen molar-refractivity contribution in [1.82, 2.24) is 14.1 Å². The number of anilines is 1. The van der Waals surface area contributed by atoms with Crippen molar-refractivity contribution in [2.24, 2.45) is 14.1 Å². The van der Waals surface area contributed by atoms with E-state index in [2.05, 4.69) is 4.98 Å². The van der Waals surface area contributed by atoms with E-state index in [1.165, 1.54) is 30.8 Å². The molecule has 0 radical (unpaired) electrons. The van der Waals surface area contributed by atoms with E-state index in [0.717, 1.165) is 4.57 Å². The molecule has 0 bridgehead atoms. The van der Waals surface area contributed by atoms with Crippen molar-refractivity contribution in [3.8, 4) is 0 Å². The molecule has 0 aliphatic carbocycles. The summed E-state index contributed by atoms with van der Waals surface area (Å²) in [4.78, 5) is 29.0. The lowest BCUT2D eigenvalue weighted by Gasteiger charge is -2.19. The molecule has 27 heavy (non-hydrogen) atoms. The summed E-state index contributed by atoms with van der Waals surface area (Å²) in [5.74, 6) is -0.588. The molecule has 0 saturated carbocycles. The van der Waals surface area contributed by atoms with Crippen LogP contribution in [0.3, 0.4) is 0 Å². The highest BCUT2D eigenvalue weighted by molar-refractivity contribution is 7.91.